The highest BCUT2D eigenvalue weighted by Crippen LogP contribution is 2.13. The van der Waals surface area contributed by atoms with E-state index in [1.807, 2.05) is 26.0 Å². The number of methoxy groups -OCH3 is 1. The van der Waals surface area contributed by atoms with Gasteiger partial charge in [-0.05, 0) is 37.1 Å². The van der Waals surface area contributed by atoms with E-state index in [-0.39, 0.29) is 12.5 Å². The minimum Gasteiger partial charge on any atom is -0.375 e. The second kappa shape index (κ2) is 4.77. The third kappa shape index (κ3) is 3.18. The number of rotatable bonds is 3. The van der Waals surface area contributed by atoms with Crippen LogP contribution in [0.4, 0.5) is 5.69 Å². The lowest BCUT2D eigenvalue weighted by atomic mass is 10.1. The van der Waals surface area contributed by atoms with E-state index in [0.717, 1.165) is 16.8 Å². The first kappa shape index (κ1) is 10.7. The number of benzene rings is 1. The maximum Gasteiger partial charge on any atom is 0.250 e. The predicted molar refractivity (Wildman–Crippen MR) is 56.4 cm³/mol. The normalized spacial score (nSPS) is 9.93. The molecule has 14 heavy (non-hydrogen) atoms. The molecule has 76 valence electrons. The number of ether oxygens (including phenoxy) is 1. The van der Waals surface area contributed by atoms with Gasteiger partial charge in [-0.25, -0.2) is 0 Å². The van der Waals surface area contributed by atoms with Crippen molar-refractivity contribution in [1.29, 1.82) is 0 Å². The summed E-state index contributed by atoms with van der Waals surface area (Å²) in [4.78, 5) is 11.2. The molecule has 0 aromatic heterocycles. The van der Waals surface area contributed by atoms with E-state index in [1.165, 1.54) is 7.11 Å². The van der Waals surface area contributed by atoms with Crippen LogP contribution >= 0.6 is 0 Å². The van der Waals surface area contributed by atoms with Crippen LogP contribution in [0.15, 0.2) is 18.2 Å². The first-order valence-electron chi connectivity index (χ1n) is 4.49. The van der Waals surface area contributed by atoms with Crippen LogP contribution in [0.1, 0.15) is 11.1 Å². The average molecular weight is 193 g/mol. The monoisotopic (exact) mass is 193 g/mol. The zero-order chi connectivity index (χ0) is 10.6. The quantitative estimate of drug-likeness (QED) is 0.796. The van der Waals surface area contributed by atoms with Crippen molar-refractivity contribution < 1.29 is 9.53 Å². The highest BCUT2D eigenvalue weighted by molar-refractivity contribution is 5.91. The van der Waals surface area contributed by atoms with Crippen molar-refractivity contribution in [3.05, 3.63) is 29.3 Å². The van der Waals surface area contributed by atoms with Crippen molar-refractivity contribution in [2.45, 2.75) is 13.8 Å². The van der Waals surface area contributed by atoms with Gasteiger partial charge < -0.3 is 10.1 Å². The summed E-state index contributed by atoms with van der Waals surface area (Å²) in [6.45, 7) is 4.09. The Balaban J connectivity index is 2.71. The van der Waals surface area contributed by atoms with E-state index < -0.39 is 0 Å². The molecule has 0 aliphatic heterocycles. The molecule has 0 aliphatic carbocycles. The highest BCUT2D eigenvalue weighted by atomic mass is 16.5. The number of carbonyl (C=O) groups excluding carboxylic acids is 1. The van der Waals surface area contributed by atoms with Gasteiger partial charge in [0.15, 0.2) is 0 Å². The fourth-order valence-electron chi connectivity index (χ4n) is 1.38. The number of hydrogen-bond donors (Lipinski definition) is 1. The molecule has 0 saturated heterocycles. The Morgan fingerprint density at radius 3 is 2.36 bits per heavy atom. The molecular formula is C11H15NO2. The average Bonchev–Trinajstić information content (AvgIpc) is 2.01. The van der Waals surface area contributed by atoms with Gasteiger partial charge in [0.05, 0.1) is 0 Å². The minimum atomic E-state index is -0.127. The van der Waals surface area contributed by atoms with E-state index in [4.69, 9.17) is 4.74 Å². The second-order valence-electron chi connectivity index (χ2n) is 3.36. The van der Waals surface area contributed by atoms with Gasteiger partial charge in [-0.3, -0.25) is 4.79 Å². The van der Waals surface area contributed by atoms with Gasteiger partial charge in [0.2, 0.25) is 5.91 Å². The van der Waals surface area contributed by atoms with Crippen molar-refractivity contribution in [2.75, 3.05) is 19.0 Å². The fraction of sp³-hybridized carbons (Fsp3) is 0.364. The third-order valence-corrected chi connectivity index (χ3v) is 1.78. The summed E-state index contributed by atoms with van der Waals surface area (Å²) in [5.41, 5.74) is 3.10. The van der Waals surface area contributed by atoms with Crippen LogP contribution < -0.4 is 5.32 Å². The van der Waals surface area contributed by atoms with Crippen LogP contribution in [0, 0.1) is 13.8 Å². The van der Waals surface area contributed by atoms with Gasteiger partial charge >= 0.3 is 0 Å². The van der Waals surface area contributed by atoms with Crippen LogP contribution in [-0.2, 0) is 9.53 Å². The molecular weight excluding hydrogens is 178 g/mol. The highest BCUT2D eigenvalue weighted by Gasteiger charge is 2.01. The van der Waals surface area contributed by atoms with Crippen LogP contribution in [0.2, 0.25) is 0 Å². The van der Waals surface area contributed by atoms with Crippen molar-refractivity contribution in [1.82, 2.24) is 0 Å². The molecule has 0 saturated carbocycles. The summed E-state index contributed by atoms with van der Waals surface area (Å²) in [6, 6.07) is 5.92. The van der Waals surface area contributed by atoms with Gasteiger partial charge in [-0.15, -0.1) is 0 Å². The molecule has 0 bridgehead atoms. The SMILES string of the molecule is COCC(=O)Nc1cc(C)cc(C)c1. The van der Waals surface area contributed by atoms with Crippen LogP contribution in [0.3, 0.4) is 0 Å². The number of aryl methyl sites for hydroxylation is 2. The second-order valence-corrected chi connectivity index (χ2v) is 3.36. The Morgan fingerprint density at radius 2 is 1.86 bits per heavy atom. The first-order valence-corrected chi connectivity index (χ1v) is 4.49. The summed E-state index contributed by atoms with van der Waals surface area (Å²) in [6.07, 6.45) is 0. The standard InChI is InChI=1S/C11H15NO2/c1-8-4-9(2)6-10(5-8)12-11(13)7-14-3/h4-6H,7H2,1-3H3,(H,12,13). The zero-order valence-electron chi connectivity index (χ0n) is 8.76. The van der Waals surface area contributed by atoms with Crippen molar-refractivity contribution in [2.24, 2.45) is 0 Å². The summed E-state index contributed by atoms with van der Waals surface area (Å²) >= 11 is 0. The van der Waals surface area contributed by atoms with Crippen LogP contribution in [0.25, 0.3) is 0 Å². The van der Waals surface area contributed by atoms with Crippen LogP contribution in [0.5, 0.6) is 0 Å². The van der Waals surface area contributed by atoms with E-state index in [0.29, 0.717) is 0 Å². The van der Waals surface area contributed by atoms with Crippen LogP contribution in [-0.4, -0.2) is 19.6 Å². The molecule has 1 rings (SSSR count). The summed E-state index contributed by atoms with van der Waals surface area (Å²) in [5.74, 6) is -0.127. The Kier molecular flexibility index (Phi) is 3.65. The summed E-state index contributed by atoms with van der Waals surface area (Å²) in [5, 5.41) is 2.76. The van der Waals surface area contributed by atoms with E-state index in [9.17, 15) is 4.79 Å². The van der Waals surface area contributed by atoms with Gasteiger partial charge in [-0.2, -0.15) is 0 Å². The molecule has 0 unspecified atom stereocenters. The van der Waals surface area contributed by atoms with Gasteiger partial charge in [0, 0.05) is 12.8 Å². The van der Waals surface area contributed by atoms with Crippen molar-refractivity contribution in [3.8, 4) is 0 Å². The van der Waals surface area contributed by atoms with Crippen molar-refractivity contribution in [3.63, 3.8) is 0 Å². The predicted octanol–water partition coefficient (Wildman–Crippen LogP) is 1.89. The molecule has 1 aromatic rings. The Morgan fingerprint density at radius 1 is 1.29 bits per heavy atom. The molecule has 0 spiro atoms. The summed E-state index contributed by atoms with van der Waals surface area (Å²) < 4.78 is 4.72. The maximum atomic E-state index is 11.2. The molecule has 0 aliphatic rings. The number of carbonyl (C=O) groups is 1. The lowest BCUT2D eigenvalue weighted by Gasteiger charge is -2.06. The first-order chi connectivity index (χ1) is 6.61. The third-order valence-electron chi connectivity index (χ3n) is 1.78. The fourth-order valence-corrected chi connectivity index (χ4v) is 1.38. The molecule has 0 atom stereocenters. The Hall–Kier alpha value is -1.35. The molecule has 0 fully saturated rings. The van der Waals surface area contributed by atoms with Crippen molar-refractivity contribution >= 4 is 11.6 Å². The number of hydrogen-bond acceptors (Lipinski definition) is 2. The largest absolute Gasteiger partial charge is 0.375 e. The summed E-state index contributed by atoms with van der Waals surface area (Å²) in [7, 11) is 1.50. The zero-order valence-corrected chi connectivity index (χ0v) is 8.76. The molecule has 1 N–H and O–H groups in total. The lowest BCUT2D eigenvalue weighted by molar-refractivity contribution is -0.119. The molecule has 3 heteroatoms. The number of amides is 1. The number of anilines is 1. The number of nitrogens with one attached hydrogen (secondary N) is 1. The maximum absolute atomic E-state index is 11.2. The Bertz CT molecular complexity index is 314. The van der Waals surface area contributed by atoms with Gasteiger partial charge in [0.1, 0.15) is 6.61 Å². The smallest absolute Gasteiger partial charge is 0.250 e. The lowest BCUT2D eigenvalue weighted by Crippen LogP contribution is -2.17. The molecule has 0 heterocycles. The minimum absolute atomic E-state index is 0.0903. The van der Waals surface area contributed by atoms with Gasteiger partial charge in [-0.1, -0.05) is 6.07 Å². The Labute approximate surface area is 84.1 Å². The molecule has 1 amide bonds. The topological polar surface area (TPSA) is 38.3 Å². The van der Waals surface area contributed by atoms with E-state index >= 15 is 0 Å². The molecule has 3 nitrogen and oxygen atoms in total. The van der Waals surface area contributed by atoms with E-state index in [2.05, 4.69) is 11.4 Å². The van der Waals surface area contributed by atoms with E-state index in [1.54, 1.807) is 0 Å². The molecule has 1 aromatic carbocycles. The molecule has 0 radical (unpaired) electrons. The van der Waals surface area contributed by atoms with Gasteiger partial charge in [0.25, 0.3) is 0 Å².